The molecule has 24 heavy (non-hydrogen) atoms. The number of hydrogen-bond acceptors (Lipinski definition) is 4. The van der Waals surface area contributed by atoms with E-state index in [1.807, 2.05) is 19.7 Å². The lowest BCUT2D eigenvalue weighted by Gasteiger charge is -2.11. The highest BCUT2D eigenvalue weighted by Gasteiger charge is 2.05. The van der Waals surface area contributed by atoms with Gasteiger partial charge in [-0.2, -0.15) is 0 Å². The molecule has 0 bridgehead atoms. The first-order valence-corrected chi connectivity index (χ1v) is 9.79. The minimum absolute atomic E-state index is 0.0704. The van der Waals surface area contributed by atoms with Crippen LogP contribution in [0.1, 0.15) is 41.7 Å². The molecular formula is C17H26N3O3P. The third-order valence-corrected chi connectivity index (χ3v) is 4.37. The van der Waals surface area contributed by atoms with Crippen molar-refractivity contribution in [1.29, 1.82) is 0 Å². The van der Waals surface area contributed by atoms with E-state index in [0.29, 0.717) is 31.9 Å². The van der Waals surface area contributed by atoms with Crippen molar-refractivity contribution in [3.63, 3.8) is 0 Å². The summed E-state index contributed by atoms with van der Waals surface area (Å²) in [4.78, 5) is 19.2. The van der Waals surface area contributed by atoms with Crippen LogP contribution >= 0.6 is 8.38 Å². The van der Waals surface area contributed by atoms with Crippen LogP contribution in [-0.2, 0) is 9.05 Å². The molecule has 1 N–H and O–H groups in total. The summed E-state index contributed by atoms with van der Waals surface area (Å²) in [5.41, 5.74) is 1.50. The van der Waals surface area contributed by atoms with Crippen LogP contribution in [0.5, 0.6) is 0 Å². The normalized spacial score (nSPS) is 11.7. The Hall–Kier alpha value is -1.54. The Morgan fingerprint density at radius 1 is 1.25 bits per heavy atom. The lowest BCUT2D eigenvalue weighted by Crippen LogP contribution is -2.24. The molecule has 1 aromatic rings. The molecule has 0 aromatic carbocycles. The summed E-state index contributed by atoms with van der Waals surface area (Å²) >= 11 is 0. The van der Waals surface area contributed by atoms with Crippen LogP contribution in [-0.4, -0.2) is 43.9 Å². The van der Waals surface area contributed by atoms with E-state index in [-0.39, 0.29) is 5.91 Å². The molecule has 132 valence electrons. The van der Waals surface area contributed by atoms with Gasteiger partial charge in [0.15, 0.2) is 8.38 Å². The molecule has 0 radical (unpaired) electrons. The van der Waals surface area contributed by atoms with Crippen molar-refractivity contribution in [2.75, 3.05) is 33.0 Å². The number of rotatable bonds is 12. The molecule has 0 aliphatic heterocycles. The van der Waals surface area contributed by atoms with E-state index in [1.54, 1.807) is 12.3 Å². The van der Waals surface area contributed by atoms with E-state index >= 15 is 0 Å². The van der Waals surface area contributed by atoms with Crippen molar-refractivity contribution < 1.29 is 13.8 Å². The lowest BCUT2D eigenvalue weighted by atomic mass is 10.2. The second-order valence-corrected chi connectivity index (χ2v) is 6.74. The first-order valence-electron chi connectivity index (χ1n) is 8.17. The summed E-state index contributed by atoms with van der Waals surface area (Å²) < 4.78 is 10.9. The Morgan fingerprint density at radius 3 is 2.71 bits per heavy atom. The molecule has 1 atom stereocenters. The van der Waals surface area contributed by atoms with Crippen molar-refractivity contribution in [3.8, 4) is 0 Å². The van der Waals surface area contributed by atoms with Crippen LogP contribution < -0.4 is 5.32 Å². The van der Waals surface area contributed by atoms with Crippen molar-refractivity contribution in [1.82, 2.24) is 10.3 Å². The summed E-state index contributed by atoms with van der Waals surface area (Å²) in [6.07, 6.45) is 5.65. The second kappa shape index (κ2) is 12.8. The van der Waals surface area contributed by atoms with E-state index in [1.165, 1.54) is 0 Å². The summed E-state index contributed by atoms with van der Waals surface area (Å²) in [7, 11) is -0.863. The number of amides is 1. The summed E-state index contributed by atoms with van der Waals surface area (Å²) in [6, 6.07) is 3.63. The van der Waals surface area contributed by atoms with Gasteiger partial charge >= 0.3 is 0 Å². The molecule has 7 heteroatoms. The number of nitrogens with one attached hydrogen (secondary N) is 1. The molecule has 0 fully saturated rings. The van der Waals surface area contributed by atoms with E-state index in [0.717, 1.165) is 31.4 Å². The zero-order chi connectivity index (χ0) is 17.6. The number of carbonyl (C=O) groups excluding carboxylic acids is 1. The minimum Gasteiger partial charge on any atom is -0.352 e. The van der Waals surface area contributed by atoms with Crippen LogP contribution in [0.25, 0.3) is 4.85 Å². The summed E-state index contributed by atoms with van der Waals surface area (Å²) in [6.45, 7) is 12.7. The first kappa shape index (κ1) is 20.5. The maximum atomic E-state index is 11.9. The molecule has 0 aliphatic rings. The minimum atomic E-state index is -0.863. The predicted octanol–water partition coefficient (Wildman–Crippen LogP) is 3.57. The van der Waals surface area contributed by atoms with Gasteiger partial charge in [-0.05, 0) is 31.9 Å². The van der Waals surface area contributed by atoms with Crippen LogP contribution in [0.2, 0.25) is 0 Å². The van der Waals surface area contributed by atoms with Gasteiger partial charge in [-0.1, -0.05) is 12.8 Å². The maximum Gasteiger partial charge on any atom is 0.252 e. The molecule has 0 saturated carbocycles. The molecule has 1 amide bonds. The standard InChI is InChI=1S/C17H26N3O3P/c1-15-8-9-16(14-20-15)17(21)19-10-6-4-5-7-12-22-24(3)23-13-11-18-2/h8-9,14H,4-7,10-13H2,1,3H3,(H,19,21). The number of carbonyl (C=O) groups is 1. The van der Waals surface area contributed by atoms with Crippen LogP contribution in [0.15, 0.2) is 18.3 Å². The van der Waals surface area contributed by atoms with Gasteiger partial charge in [-0.3, -0.25) is 9.78 Å². The Labute approximate surface area is 145 Å². The molecule has 1 rings (SSSR count). The molecule has 0 spiro atoms. The predicted molar refractivity (Wildman–Crippen MR) is 96.0 cm³/mol. The van der Waals surface area contributed by atoms with E-state index in [4.69, 9.17) is 15.6 Å². The van der Waals surface area contributed by atoms with Gasteiger partial charge in [0.1, 0.15) is 6.61 Å². The number of hydrogen-bond donors (Lipinski definition) is 1. The fraction of sp³-hybridized carbons (Fsp3) is 0.588. The molecule has 1 unspecified atom stereocenters. The van der Waals surface area contributed by atoms with Gasteiger partial charge in [0.25, 0.3) is 5.91 Å². The zero-order valence-electron chi connectivity index (χ0n) is 14.5. The number of pyridine rings is 1. The number of aryl methyl sites for hydroxylation is 1. The number of aromatic nitrogens is 1. The summed E-state index contributed by atoms with van der Waals surface area (Å²) in [5.74, 6) is -0.0704. The van der Waals surface area contributed by atoms with Crippen LogP contribution in [0.3, 0.4) is 0 Å². The Balaban J connectivity index is 1.96. The Kier molecular flexibility index (Phi) is 11.0. The third kappa shape index (κ3) is 9.57. The number of unbranched alkanes of at least 4 members (excludes halogenated alkanes) is 3. The van der Waals surface area contributed by atoms with Crippen molar-refractivity contribution in [2.24, 2.45) is 0 Å². The van der Waals surface area contributed by atoms with Crippen molar-refractivity contribution in [3.05, 3.63) is 41.0 Å². The smallest absolute Gasteiger partial charge is 0.252 e. The van der Waals surface area contributed by atoms with Crippen LogP contribution in [0.4, 0.5) is 0 Å². The zero-order valence-corrected chi connectivity index (χ0v) is 15.3. The average Bonchev–Trinajstić information content (AvgIpc) is 2.58. The monoisotopic (exact) mass is 351 g/mol. The van der Waals surface area contributed by atoms with Crippen molar-refractivity contribution in [2.45, 2.75) is 32.6 Å². The Morgan fingerprint density at radius 2 is 2.00 bits per heavy atom. The average molecular weight is 351 g/mol. The second-order valence-electron chi connectivity index (χ2n) is 5.35. The molecule has 0 saturated heterocycles. The highest BCUT2D eigenvalue weighted by Crippen LogP contribution is 2.33. The van der Waals surface area contributed by atoms with E-state index in [2.05, 4.69) is 15.1 Å². The Bertz CT molecular complexity index is 517. The molecular weight excluding hydrogens is 325 g/mol. The van der Waals surface area contributed by atoms with E-state index in [9.17, 15) is 4.79 Å². The van der Waals surface area contributed by atoms with Gasteiger partial charge in [-0.25, -0.2) is 6.57 Å². The quantitative estimate of drug-likeness (QED) is 0.355. The topological polar surface area (TPSA) is 64.8 Å². The van der Waals surface area contributed by atoms with E-state index < -0.39 is 8.38 Å². The largest absolute Gasteiger partial charge is 0.352 e. The fourth-order valence-corrected chi connectivity index (χ4v) is 2.73. The molecule has 1 heterocycles. The lowest BCUT2D eigenvalue weighted by molar-refractivity contribution is 0.0952. The number of nitrogens with zero attached hydrogens (tertiary/aromatic N) is 2. The van der Waals surface area contributed by atoms with Gasteiger partial charge < -0.3 is 19.2 Å². The van der Waals surface area contributed by atoms with Crippen molar-refractivity contribution >= 4 is 14.3 Å². The molecule has 0 aliphatic carbocycles. The van der Waals surface area contributed by atoms with Gasteiger partial charge in [0.05, 0.1) is 12.2 Å². The van der Waals surface area contributed by atoms with Gasteiger partial charge in [-0.15, -0.1) is 0 Å². The highest BCUT2D eigenvalue weighted by atomic mass is 31.2. The SMILES string of the molecule is [C-]#[N+]CCOP(C)OCCCCCCNC(=O)c1ccc(C)nc1. The maximum absolute atomic E-state index is 11.9. The fourth-order valence-electron chi connectivity index (χ4n) is 1.93. The molecule has 1 aromatic heterocycles. The molecule has 6 nitrogen and oxygen atoms in total. The first-order chi connectivity index (χ1) is 11.6. The summed E-state index contributed by atoms with van der Waals surface area (Å²) in [5, 5.41) is 2.91. The van der Waals surface area contributed by atoms with Crippen LogP contribution in [0, 0.1) is 13.5 Å². The van der Waals surface area contributed by atoms with Gasteiger partial charge in [0, 0.05) is 25.1 Å². The van der Waals surface area contributed by atoms with Gasteiger partial charge in [0.2, 0.25) is 6.54 Å². The highest BCUT2D eigenvalue weighted by molar-refractivity contribution is 7.46. The third-order valence-electron chi connectivity index (χ3n) is 3.28.